The first-order valence-corrected chi connectivity index (χ1v) is 3.90. The molecule has 0 saturated carbocycles. The van der Waals surface area contributed by atoms with Crippen LogP contribution in [0.1, 0.15) is 28.5 Å². The second-order valence-electron chi connectivity index (χ2n) is 3.14. The Morgan fingerprint density at radius 2 is 1.67 bits per heavy atom. The van der Waals surface area contributed by atoms with Crippen LogP contribution in [0.15, 0.2) is 12.1 Å². The van der Waals surface area contributed by atoms with Crippen LogP contribution < -0.4 is 5.73 Å². The maximum absolute atomic E-state index is 11.0. The summed E-state index contributed by atoms with van der Waals surface area (Å²) in [5.74, 6) is -0.343. The average molecular weight is 165 g/mol. The minimum Gasteiger partial charge on any atom is -0.366 e. The summed E-state index contributed by atoms with van der Waals surface area (Å²) < 4.78 is 0. The topological polar surface area (TPSA) is 43.1 Å². The van der Waals surface area contributed by atoms with Gasteiger partial charge in [-0.3, -0.25) is 4.79 Å². The van der Waals surface area contributed by atoms with Crippen LogP contribution in [0.3, 0.4) is 0 Å². The molecule has 0 radical (unpaired) electrons. The molecule has 0 aromatic heterocycles. The molecule has 2 nitrogen and oxygen atoms in total. The average Bonchev–Trinajstić information content (AvgIpc) is 1.82. The maximum Gasteiger partial charge on any atom is 0.249 e. The second-order valence-corrected chi connectivity index (χ2v) is 3.14. The van der Waals surface area contributed by atoms with Gasteiger partial charge in [-0.1, -0.05) is 17.7 Å². The molecule has 0 aliphatic carbocycles. The second kappa shape index (κ2) is 2.97. The summed E-state index contributed by atoms with van der Waals surface area (Å²) in [6, 6.07) is 3.93. The monoisotopic (exact) mass is 165 g/mol. The van der Waals surface area contributed by atoms with Gasteiger partial charge in [0.1, 0.15) is 0 Å². The van der Waals surface area contributed by atoms with Crippen LogP contribution in [-0.4, -0.2) is 5.91 Å². The number of carbonyl (C=O) groups is 1. The Morgan fingerprint density at radius 1 is 1.25 bits per heavy atom. The fraction of sp³-hybridized carbons (Fsp3) is 0.300. The zero-order chi connectivity index (χ0) is 9.30. The summed E-state index contributed by atoms with van der Waals surface area (Å²) in [6.45, 7) is 5.81. The van der Waals surface area contributed by atoms with Gasteiger partial charge in [0.25, 0.3) is 0 Å². The predicted octanol–water partition coefficient (Wildman–Crippen LogP) is 1.96. The smallest absolute Gasteiger partial charge is 0.249 e. The molecule has 1 aromatic carbocycles. The number of benzene rings is 1. The van der Waals surface area contributed by atoms with E-state index in [-0.39, 0.29) is 7.33 Å². The Morgan fingerprint density at radius 3 is 2.00 bits per heavy atom. The molecule has 1 rings (SSSR count). The molecule has 2 N–H and O–H groups in total. The third kappa shape index (κ3) is 1.47. The molecular weight excluding hydrogens is 150 g/mol. The van der Waals surface area contributed by atoms with Crippen LogP contribution in [0.25, 0.3) is 0 Å². The number of primary amides is 1. The SMILES string of the molecule is Cc1cc(C)c(C(N)=O)c(C)c1.[HH]. The van der Waals surface area contributed by atoms with E-state index in [4.69, 9.17) is 5.73 Å². The van der Waals surface area contributed by atoms with Crippen molar-refractivity contribution in [3.05, 3.63) is 34.4 Å². The molecule has 0 unspecified atom stereocenters. The number of nitrogens with two attached hydrogens (primary N) is 1. The van der Waals surface area contributed by atoms with Crippen LogP contribution in [0.2, 0.25) is 0 Å². The Bertz CT molecular complexity index is 311. The molecule has 1 amide bonds. The summed E-state index contributed by atoms with van der Waals surface area (Å²) in [5, 5.41) is 0. The molecule has 0 heterocycles. The van der Waals surface area contributed by atoms with Crippen molar-refractivity contribution >= 4 is 5.91 Å². The van der Waals surface area contributed by atoms with E-state index in [0.29, 0.717) is 5.56 Å². The molecule has 0 aliphatic rings. The van der Waals surface area contributed by atoms with E-state index in [1.165, 1.54) is 0 Å². The van der Waals surface area contributed by atoms with Crippen LogP contribution >= 0.6 is 0 Å². The van der Waals surface area contributed by atoms with Crippen LogP contribution in [0.5, 0.6) is 0 Å². The lowest BCUT2D eigenvalue weighted by Crippen LogP contribution is -2.14. The van der Waals surface area contributed by atoms with Gasteiger partial charge in [0.15, 0.2) is 0 Å². The van der Waals surface area contributed by atoms with Gasteiger partial charge in [-0.05, 0) is 31.9 Å². The highest BCUT2D eigenvalue weighted by atomic mass is 16.1. The van der Waals surface area contributed by atoms with Crippen LogP contribution in [0.4, 0.5) is 0 Å². The van der Waals surface area contributed by atoms with Crippen molar-refractivity contribution in [2.75, 3.05) is 0 Å². The molecule has 0 spiro atoms. The molecule has 12 heavy (non-hydrogen) atoms. The Kier molecular flexibility index (Phi) is 2.18. The van der Waals surface area contributed by atoms with Gasteiger partial charge in [0, 0.05) is 6.99 Å². The van der Waals surface area contributed by atoms with Crippen molar-refractivity contribution < 1.29 is 6.22 Å². The lowest BCUT2D eigenvalue weighted by Gasteiger charge is -2.06. The van der Waals surface area contributed by atoms with E-state index in [1.54, 1.807) is 0 Å². The summed E-state index contributed by atoms with van der Waals surface area (Å²) in [7, 11) is 0. The lowest BCUT2D eigenvalue weighted by molar-refractivity contribution is 0.0999. The molecule has 0 fully saturated rings. The highest BCUT2D eigenvalue weighted by Crippen LogP contribution is 2.15. The number of carbonyl (C=O) groups excluding carboxylic acids is 1. The maximum atomic E-state index is 11.0. The third-order valence-electron chi connectivity index (χ3n) is 1.92. The Hall–Kier alpha value is -1.31. The Balaban J connectivity index is 0.00000144. The fourth-order valence-electron chi connectivity index (χ4n) is 1.57. The van der Waals surface area contributed by atoms with E-state index in [2.05, 4.69) is 0 Å². The van der Waals surface area contributed by atoms with Gasteiger partial charge in [0.2, 0.25) is 5.91 Å². The van der Waals surface area contributed by atoms with E-state index in [1.807, 2.05) is 32.9 Å². The van der Waals surface area contributed by atoms with E-state index in [9.17, 15) is 4.79 Å². The third-order valence-corrected chi connectivity index (χ3v) is 1.92. The van der Waals surface area contributed by atoms with E-state index < -0.39 is 0 Å². The van der Waals surface area contributed by atoms with Crippen molar-refractivity contribution in [1.82, 2.24) is 0 Å². The van der Waals surface area contributed by atoms with Gasteiger partial charge in [-0.2, -0.15) is 0 Å². The quantitative estimate of drug-likeness (QED) is 0.679. The summed E-state index contributed by atoms with van der Waals surface area (Å²) in [4.78, 5) is 11.0. The molecule has 66 valence electrons. The van der Waals surface area contributed by atoms with Gasteiger partial charge >= 0.3 is 0 Å². The minimum absolute atomic E-state index is 0. The molecular formula is C10H15NO. The van der Waals surface area contributed by atoms with Gasteiger partial charge in [0.05, 0.1) is 0 Å². The van der Waals surface area contributed by atoms with Crippen molar-refractivity contribution in [2.24, 2.45) is 5.73 Å². The van der Waals surface area contributed by atoms with Gasteiger partial charge in [-0.25, -0.2) is 0 Å². The zero-order valence-corrected chi connectivity index (χ0v) is 7.64. The first-order valence-electron chi connectivity index (χ1n) is 3.90. The van der Waals surface area contributed by atoms with Crippen molar-refractivity contribution in [3.63, 3.8) is 0 Å². The summed E-state index contributed by atoms with van der Waals surface area (Å²) in [6.07, 6.45) is 0. The molecule has 0 atom stereocenters. The first kappa shape index (κ1) is 8.78. The number of hydrogen-bond donors (Lipinski definition) is 1. The lowest BCUT2D eigenvalue weighted by atomic mass is 10.00. The highest BCUT2D eigenvalue weighted by Gasteiger charge is 2.07. The normalized spacial score (nSPS) is 9.92. The Labute approximate surface area is 73.9 Å². The van der Waals surface area contributed by atoms with E-state index >= 15 is 0 Å². The fourth-order valence-corrected chi connectivity index (χ4v) is 1.57. The summed E-state index contributed by atoms with van der Waals surface area (Å²) >= 11 is 0. The van der Waals surface area contributed by atoms with Crippen molar-refractivity contribution in [2.45, 2.75) is 20.8 Å². The molecule has 0 bridgehead atoms. The zero-order valence-electron chi connectivity index (χ0n) is 7.64. The molecule has 0 aliphatic heterocycles. The van der Waals surface area contributed by atoms with Gasteiger partial charge < -0.3 is 5.73 Å². The predicted molar refractivity (Wildman–Crippen MR) is 51.3 cm³/mol. The summed E-state index contributed by atoms with van der Waals surface area (Å²) in [5.41, 5.74) is 8.96. The van der Waals surface area contributed by atoms with Crippen molar-refractivity contribution in [1.29, 1.82) is 0 Å². The number of rotatable bonds is 1. The molecule has 1 aromatic rings. The first-order chi connectivity index (χ1) is 5.52. The van der Waals surface area contributed by atoms with Crippen LogP contribution in [0, 0.1) is 20.8 Å². The van der Waals surface area contributed by atoms with Crippen molar-refractivity contribution in [3.8, 4) is 0 Å². The van der Waals surface area contributed by atoms with Crippen LogP contribution in [-0.2, 0) is 0 Å². The molecule has 2 heteroatoms. The number of aryl methyl sites for hydroxylation is 3. The standard InChI is InChI=1S/C10H13NO.H2/c1-6-4-7(2)9(10(11)12)8(3)5-6;/h4-5H,1-3H3,(H2,11,12);1H. The minimum atomic E-state index is -0.343. The molecule has 0 saturated heterocycles. The largest absolute Gasteiger partial charge is 0.366 e. The highest BCUT2D eigenvalue weighted by molar-refractivity contribution is 5.95. The van der Waals surface area contributed by atoms with Gasteiger partial charge in [-0.15, -0.1) is 0 Å². The number of hydrogen-bond acceptors (Lipinski definition) is 1. The number of amides is 1. The van der Waals surface area contributed by atoms with E-state index in [0.717, 1.165) is 16.7 Å².